The van der Waals surface area contributed by atoms with Crippen molar-refractivity contribution in [3.63, 3.8) is 0 Å². The van der Waals surface area contributed by atoms with Crippen molar-refractivity contribution in [2.45, 2.75) is 31.1 Å². The number of rotatable bonds is 6. The molecule has 1 saturated carbocycles. The van der Waals surface area contributed by atoms with Gasteiger partial charge in [-0.1, -0.05) is 18.6 Å². The van der Waals surface area contributed by atoms with E-state index in [-0.39, 0.29) is 6.54 Å². The van der Waals surface area contributed by atoms with Crippen LogP contribution in [0, 0.1) is 5.92 Å². The smallest absolute Gasteiger partial charge is 0.307 e. The Hall–Kier alpha value is -1.60. The third-order valence-electron chi connectivity index (χ3n) is 3.78. The summed E-state index contributed by atoms with van der Waals surface area (Å²) >= 11 is 0. The summed E-state index contributed by atoms with van der Waals surface area (Å²) in [4.78, 5) is 11.1. The van der Waals surface area contributed by atoms with E-state index in [9.17, 15) is 13.2 Å². The summed E-state index contributed by atoms with van der Waals surface area (Å²) in [5.41, 5.74) is 0.766. The van der Waals surface area contributed by atoms with Crippen LogP contribution in [0.2, 0.25) is 0 Å². The van der Waals surface area contributed by atoms with Crippen LogP contribution in [0.25, 0.3) is 0 Å². The molecule has 2 unspecified atom stereocenters. The Labute approximate surface area is 124 Å². The first-order valence-electron chi connectivity index (χ1n) is 6.78. The lowest BCUT2D eigenvalue weighted by atomic mass is 10.1. The van der Waals surface area contributed by atoms with E-state index >= 15 is 0 Å². The summed E-state index contributed by atoms with van der Waals surface area (Å²) in [6.45, 7) is 0.127. The first-order chi connectivity index (χ1) is 9.94. The van der Waals surface area contributed by atoms with E-state index < -0.39 is 27.2 Å². The zero-order valence-electron chi connectivity index (χ0n) is 11.8. The Morgan fingerprint density at radius 1 is 1.43 bits per heavy atom. The molecular weight excluding hydrogens is 294 g/mol. The summed E-state index contributed by atoms with van der Waals surface area (Å²) in [5.74, 6) is -1.20. The maximum absolute atomic E-state index is 12.3. The van der Waals surface area contributed by atoms with Crippen molar-refractivity contribution < 1.29 is 23.1 Å². The van der Waals surface area contributed by atoms with E-state index in [1.165, 1.54) is 0 Å². The zero-order valence-corrected chi connectivity index (χ0v) is 12.6. The highest BCUT2D eigenvalue weighted by Gasteiger charge is 2.41. The topological polar surface area (TPSA) is 92.7 Å². The molecule has 2 atom stereocenters. The molecule has 1 aliphatic rings. The van der Waals surface area contributed by atoms with Crippen LogP contribution in [-0.4, -0.2) is 31.9 Å². The maximum atomic E-state index is 12.3. The largest absolute Gasteiger partial charge is 0.497 e. The van der Waals surface area contributed by atoms with Crippen LogP contribution in [-0.2, 0) is 21.4 Å². The van der Waals surface area contributed by atoms with Crippen molar-refractivity contribution in [2.75, 3.05) is 7.11 Å². The second-order valence-electron chi connectivity index (χ2n) is 5.13. The van der Waals surface area contributed by atoms with Crippen molar-refractivity contribution in [3.05, 3.63) is 29.8 Å². The Kier molecular flexibility index (Phi) is 4.84. The van der Waals surface area contributed by atoms with Gasteiger partial charge >= 0.3 is 5.97 Å². The molecule has 0 aromatic heterocycles. The zero-order chi connectivity index (χ0) is 15.5. The monoisotopic (exact) mass is 313 g/mol. The molecule has 7 heteroatoms. The van der Waals surface area contributed by atoms with Gasteiger partial charge in [0.05, 0.1) is 18.3 Å². The Balaban J connectivity index is 2.05. The van der Waals surface area contributed by atoms with Crippen LogP contribution in [0.15, 0.2) is 24.3 Å². The van der Waals surface area contributed by atoms with Gasteiger partial charge < -0.3 is 9.84 Å². The average molecular weight is 313 g/mol. The molecule has 0 aliphatic heterocycles. The van der Waals surface area contributed by atoms with Crippen molar-refractivity contribution in [1.82, 2.24) is 4.72 Å². The molecule has 1 aromatic carbocycles. The van der Waals surface area contributed by atoms with Crippen molar-refractivity contribution in [3.8, 4) is 5.75 Å². The van der Waals surface area contributed by atoms with Crippen LogP contribution in [0.4, 0.5) is 0 Å². The molecule has 0 saturated heterocycles. The number of carboxylic acid groups (broad SMARTS) is 1. The molecule has 0 spiro atoms. The lowest BCUT2D eigenvalue weighted by molar-refractivity contribution is -0.141. The number of hydrogen-bond acceptors (Lipinski definition) is 4. The fourth-order valence-corrected chi connectivity index (χ4v) is 4.40. The number of hydrogen-bond donors (Lipinski definition) is 2. The number of aliphatic carboxylic acids is 1. The second kappa shape index (κ2) is 6.44. The van der Waals surface area contributed by atoms with Crippen molar-refractivity contribution in [2.24, 2.45) is 5.92 Å². The molecule has 1 fully saturated rings. The SMILES string of the molecule is COc1cccc(CNS(=O)(=O)C2CCCC2C(=O)O)c1. The van der Waals surface area contributed by atoms with Crippen LogP contribution in [0.3, 0.4) is 0 Å². The Morgan fingerprint density at radius 2 is 2.19 bits per heavy atom. The molecule has 0 heterocycles. The average Bonchev–Trinajstić information content (AvgIpc) is 2.96. The fourth-order valence-electron chi connectivity index (χ4n) is 2.65. The molecular formula is C14H19NO5S. The van der Waals surface area contributed by atoms with Gasteiger partial charge in [-0.2, -0.15) is 0 Å². The molecule has 6 nitrogen and oxygen atoms in total. The van der Waals surface area contributed by atoms with Gasteiger partial charge in [0, 0.05) is 6.54 Å². The second-order valence-corrected chi connectivity index (χ2v) is 7.12. The number of methoxy groups -OCH3 is 1. The number of nitrogens with one attached hydrogen (secondary N) is 1. The summed E-state index contributed by atoms with van der Waals surface area (Å²) in [6.07, 6.45) is 1.44. The first-order valence-corrected chi connectivity index (χ1v) is 8.33. The standard InChI is InChI=1S/C14H19NO5S/c1-20-11-5-2-4-10(8-11)9-15-21(18,19)13-7-3-6-12(13)14(16)17/h2,4-5,8,12-13,15H,3,6-7,9H2,1H3,(H,16,17). The van der Waals surface area contributed by atoms with Crippen molar-refractivity contribution >= 4 is 16.0 Å². The highest BCUT2D eigenvalue weighted by molar-refractivity contribution is 7.90. The Bertz CT molecular complexity index is 614. The number of carboxylic acids is 1. The Morgan fingerprint density at radius 3 is 2.86 bits per heavy atom. The van der Waals surface area contributed by atoms with E-state index in [4.69, 9.17) is 9.84 Å². The normalized spacial score (nSPS) is 22.1. The van der Waals surface area contributed by atoms with Crippen LogP contribution in [0.1, 0.15) is 24.8 Å². The lowest BCUT2D eigenvalue weighted by Crippen LogP contribution is -2.38. The predicted octanol–water partition coefficient (Wildman–Crippen LogP) is 1.37. The van der Waals surface area contributed by atoms with Gasteiger partial charge in [0.15, 0.2) is 0 Å². The highest BCUT2D eigenvalue weighted by Crippen LogP contribution is 2.31. The van der Waals surface area contributed by atoms with Gasteiger partial charge in [-0.15, -0.1) is 0 Å². The van der Waals surface area contributed by atoms with Crippen LogP contribution < -0.4 is 9.46 Å². The van der Waals surface area contributed by atoms with E-state index in [1.807, 2.05) is 0 Å². The van der Waals surface area contributed by atoms with Gasteiger partial charge in [0.1, 0.15) is 5.75 Å². The lowest BCUT2D eigenvalue weighted by Gasteiger charge is -2.17. The summed E-state index contributed by atoms with van der Waals surface area (Å²) in [7, 11) is -2.10. The molecule has 0 bridgehead atoms. The van der Waals surface area contributed by atoms with Gasteiger partial charge in [0.2, 0.25) is 10.0 Å². The quantitative estimate of drug-likeness (QED) is 0.827. The molecule has 21 heavy (non-hydrogen) atoms. The van der Waals surface area contributed by atoms with Crippen LogP contribution in [0.5, 0.6) is 5.75 Å². The third-order valence-corrected chi connectivity index (χ3v) is 5.69. The number of benzene rings is 1. The minimum atomic E-state index is -3.64. The number of sulfonamides is 1. The summed E-state index contributed by atoms with van der Waals surface area (Å²) in [6, 6.07) is 7.08. The minimum absolute atomic E-state index is 0.127. The summed E-state index contributed by atoms with van der Waals surface area (Å²) < 4.78 is 32.1. The molecule has 2 rings (SSSR count). The molecule has 0 amide bonds. The van der Waals surface area contributed by atoms with E-state index in [2.05, 4.69) is 4.72 Å². The first kappa shape index (κ1) is 15.8. The predicted molar refractivity (Wildman–Crippen MR) is 77.5 cm³/mol. The van der Waals surface area contributed by atoms with E-state index in [0.29, 0.717) is 25.0 Å². The molecule has 0 radical (unpaired) electrons. The molecule has 2 N–H and O–H groups in total. The van der Waals surface area contributed by atoms with Gasteiger partial charge in [-0.3, -0.25) is 4.79 Å². The maximum Gasteiger partial charge on any atom is 0.307 e. The highest BCUT2D eigenvalue weighted by atomic mass is 32.2. The number of carbonyl (C=O) groups is 1. The van der Waals surface area contributed by atoms with Crippen LogP contribution >= 0.6 is 0 Å². The third kappa shape index (κ3) is 3.74. The number of ether oxygens (including phenoxy) is 1. The molecule has 116 valence electrons. The fraction of sp³-hybridized carbons (Fsp3) is 0.500. The molecule has 1 aromatic rings. The minimum Gasteiger partial charge on any atom is -0.497 e. The molecule has 1 aliphatic carbocycles. The van der Waals surface area contributed by atoms with Gasteiger partial charge in [-0.05, 0) is 30.5 Å². The van der Waals surface area contributed by atoms with Gasteiger partial charge in [-0.25, -0.2) is 13.1 Å². The van der Waals surface area contributed by atoms with E-state index in [1.54, 1.807) is 31.4 Å². The van der Waals surface area contributed by atoms with E-state index in [0.717, 1.165) is 5.56 Å². The summed E-state index contributed by atoms with van der Waals surface area (Å²) in [5, 5.41) is 8.25. The van der Waals surface area contributed by atoms with Crippen molar-refractivity contribution in [1.29, 1.82) is 0 Å². The van der Waals surface area contributed by atoms with Gasteiger partial charge in [0.25, 0.3) is 0 Å².